The summed E-state index contributed by atoms with van der Waals surface area (Å²) in [7, 11) is 1.60. The molecule has 0 spiro atoms. The van der Waals surface area contributed by atoms with Crippen LogP contribution in [0.25, 0.3) is 6.08 Å². The van der Waals surface area contributed by atoms with Crippen LogP contribution in [-0.2, 0) is 12.8 Å². The molecule has 132 valence electrons. The highest BCUT2D eigenvalue weighted by molar-refractivity contribution is 5.59. The van der Waals surface area contributed by atoms with Gasteiger partial charge in [-0.15, -0.1) is 0 Å². The van der Waals surface area contributed by atoms with Crippen LogP contribution in [0.1, 0.15) is 37.0 Å². The van der Waals surface area contributed by atoms with Crippen LogP contribution in [0.15, 0.2) is 36.4 Å². The lowest BCUT2D eigenvalue weighted by molar-refractivity contribution is 0.0832. The number of phenolic OH excluding ortho intramolecular Hbond substituents is 2. The second-order valence-corrected chi connectivity index (χ2v) is 6.94. The van der Waals surface area contributed by atoms with Crippen molar-refractivity contribution in [1.29, 1.82) is 0 Å². The highest BCUT2D eigenvalue weighted by atomic mass is 16.5. The van der Waals surface area contributed by atoms with Gasteiger partial charge in [0, 0.05) is 17.2 Å². The smallest absolute Gasteiger partial charge is 0.130 e. The predicted molar refractivity (Wildman–Crippen MR) is 98.5 cm³/mol. The maximum Gasteiger partial charge on any atom is 0.130 e. The Labute approximate surface area is 148 Å². The lowest BCUT2D eigenvalue weighted by atomic mass is 9.91. The van der Waals surface area contributed by atoms with Crippen LogP contribution in [-0.4, -0.2) is 22.9 Å². The largest absolute Gasteiger partial charge is 0.508 e. The SMILES string of the molecule is COc1cc2c(c(O)c1CC=Cc1ccc(O)cc1)CCC(C)(C)O2. The van der Waals surface area contributed by atoms with Crippen molar-refractivity contribution in [3.8, 4) is 23.0 Å². The quantitative estimate of drug-likeness (QED) is 0.862. The molecule has 25 heavy (non-hydrogen) atoms. The van der Waals surface area contributed by atoms with E-state index in [-0.39, 0.29) is 17.1 Å². The van der Waals surface area contributed by atoms with Crippen molar-refractivity contribution < 1.29 is 19.7 Å². The van der Waals surface area contributed by atoms with Crippen molar-refractivity contribution in [2.75, 3.05) is 7.11 Å². The van der Waals surface area contributed by atoms with E-state index in [1.807, 2.05) is 44.2 Å². The number of benzene rings is 2. The first kappa shape index (κ1) is 17.2. The third kappa shape index (κ3) is 3.73. The van der Waals surface area contributed by atoms with E-state index >= 15 is 0 Å². The first-order chi connectivity index (χ1) is 11.9. The highest BCUT2D eigenvalue weighted by Crippen LogP contribution is 2.44. The third-order valence-electron chi connectivity index (χ3n) is 4.54. The van der Waals surface area contributed by atoms with Crippen molar-refractivity contribution >= 4 is 6.08 Å². The molecule has 4 nitrogen and oxygen atoms in total. The summed E-state index contributed by atoms with van der Waals surface area (Å²) in [5.41, 5.74) is 2.37. The van der Waals surface area contributed by atoms with Gasteiger partial charge in [-0.05, 0) is 50.8 Å². The fraction of sp³-hybridized carbons (Fsp3) is 0.333. The minimum Gasteiger partial charge on any atom is -0.508 e. The molecular formula is C21H24O4. The van der Waals surface area contributed by atoms with Crippen molar-refractivity contribution in [1.82, 2.24) is 0 Å². The maximum absolute atomic E-state index is 10.7. The Bertz CT molecular complexity index is 789. The second-order valence-electron chi connectivity index (χ2n) is 6.94. The second kappa shape index (κ2) is 6.71. The molecule has 1 aliphatic rings. The molecule has 2 N–H and O–H groups in total. The summed E-state index contributed by atoms with van der Waals surface area (Å²) in [6.45, 7) is 4.10. The fourth-order valence-corrected chi connectivity index (χ4v) is 3.09. The van der Waals surface area contributed by atoms with Gasteiger partial charge in [-0.1, -0.05) is 24.3 Å². The molecule has 0 amide bonds. The van der Waals surface area contributed by atoms with Gasteiger partial charge >= 0.3 is 0 Å². The number of ether oxygens (including phenoxy) is 2. The topological polar surface area (TPSA) is 58.9 Å². The number of hydrogen-bond donors (Lipinski definition) is 2. The summed E-state index contributed by atoms with van der Waals surface area (Å²) < 4.78 is 11.5. The summed E-state index contributed by atoms with van der Waals surface area (Å²) in [5.74, 6) is 1.84. The summed E-state index contributed by atoms with van der Waals surface area (Å²) >= 11 is 0. The van der Waals surface area contributed by atoms with Crippen molar-refractivity contribution in [3.05, 3.63) is 53.1 Å². The monoisotopic (exact) mass is 340 g/mol. The molecule has 0 atom stereocenters. The van der Waals surface area contributed by atoms with E-state index in [0.717, 1.165) is 29.5 Å². The van der Waals surface area contributed by atoms with Crippen LogP contribution in [0, 0.1) is 0 Å². The maximum atomic E-state index is 10.7. The van der Waals surface area contributed by atoms with Gasteiger partial charge in [0.2, 0.25) is 0 Å². The van der Waals surface area contributed by atoms with Crippen LogP contribution in [0.3, 0.4) is 0 Å². The fourth-order valence-electron chi connectivity index (χ4n) is 3.09. The van der Waals surface area contributed by atoms with Gasteiger partial charge in [0.05, 0.1) is 7.11 Å². The molecule has 1 aliphatic heterocycles. The minimum atomic E-state index is -0.231. The van der Waals surface area contributed by atoms with Crippen LogP contribution in [0.5, 0.6) is 23.0 Å². The Hall–Kier alpha value is -2.62. The third-order valence-corrected chi connectivity index (χ3v) is 4.54. The predicted octanol–water partition coefficient (Wildman–Crippen LogP) is 4.47. The first-order valence-corrected chi connectivity index (χ1v) is 8.46. The molecule has 0 aliphatic carbocycles. The van der Waals surface area contributed by atoms with Gasteiger partial charge < -0.3 is 19.7 Å². The van der Waals surface area contributed by atoms with Gasteiger partial charge in [0.1, 0.15) is 28.6 Å². The summed E-state index contributed by atoms with van der Waals surface area (Å²) in [4.78, 5) is 0. The van der Waals surface area contributed by atoms with E-state index in [0.29, 0.717) is 17.9 Å². The van der Waals surface area contributed by atoms with Crippen molar-refractivity contribution in [2.24, 2.45) is 0 Å². The molecule has 0 aromatic heterocycles. The Morgan fingerprint density at radius 1 is 1.20 bits per heavy atom. The molecule has 0 radical (unpaired) electrons. The number of aromatic hydroxyl groups is 2. The highest BCUT2D eigenvalue weighted by Gasteiger charge is 2.30. The van der Waals surface area contributed by atoms with Crippen molar-refractivity contribution in [2.45, 2.75) is 38.7 Å². The van der Waals surface area contributed by atoms with Gasteiger partial charge in [0.25, 0.3) is 0 Å². The summed E-state index contributed by atoms with van der Waals surface area (Å²) in [6, 6.07) is 8.85. The molecule has 0 saturated carbocycles. The van der Waals surface area contributed by atoms with E-state index in [9.17, 15) is 10.2 Å². The Kier molecular flexibility index (Phi) is 4.62. The molecule has 0 unspecified atom stereocenters. The molecule has 4 heteroatoms. The van der Waals surface area contributed by atoms with Gasteiger partial charge in [-0.25, -0.2) is 0 Å². The van der Waals surface area contributed by atoms with E-state index in [4.69, 9.17) is 9.47 Å². The molecule has 0 fully saturated rings. The van der Waals surface area contributed by atoms with Gasteiger partial charge in [0.15, 0.2) is 0 Å². The van der Waals surface area contributed by atoms with E-state index in [1.54, 1.807) is 19.2 Å². The molecule has 0 bridgehead atoms. The van der Waals surface area contributed by atoms with Crippen LogP contribution in [0.2, 0.25) is 0 Å². The lowest BCUT2D eigenvalue weighted by Crippen LogP contribution is -2.32. The average Bonchev–Trinajstić information content (AvgIpc) is 2.57. The standard InChI is InChI=1S/C21H24O4/c1-21(2)12-11-17-19(25-21)13-18(24-3)16(20(17)23)6-4-5-14-7-9-15(22)10-8-14/h4-5,7-10,13,22-23H,6,11-12H2,1-3H3. The normalized spacial score (nSPS) is 15.6. The minimum absolute atomic E-state index is 0.231. The zero-order valence-electron chi connectivity index (χ0n) is 14.9. The number of methoxy groups -OCH3 is 1. The summed E-state index contributed by atoms with van der Waals surface area (Å²) in [6.07, 6.45) is 6.13. The van der Waals surface area contributed by atoms with Gasteiger partial charge in [-0.3, -0.25) is 0 Å². The number of allylic oxidation sites excluding steroid dienone is 1. The molecule has 1 heterocycles. The van der Waals surface area contributed by atoms with E-state index in [1.165, 1.54) is 0 Å². The molecule has 3 rings (SSSR count). The number of fused-ring (bicyclic) bond motifs is 1. The zero-order valence-corrected chi connectivity index (χ0v) is 14.9. The zero-order chi connectivity index (χ0) is 18.0. The lowest BCUT2D eigenvalue weighted by Gasteiger charge is -2.33. The Morgan fingerprint density at radius 3 is 2.60 bits per heavy atom. The van der Waals surface area contributed by atoms with Crippen molar-refractivity contribution in [3.63, 3.8) is 0 Å². The molecule has 2 aromatic rings. The molecular weight excluding hydrogens is 316 g/mol. The average molecular weight is 340 g/mol. The first-order valence-electron chi connectivity index (χ1n) is 8.46. The number of hydrogen-bond acceptors (Lipinski definition) is 4. The molecule has 0 saturated heterocycles. The van der Waals surface area contributed by atoms with Gasteiger partial charge in [-0.2, -0.15) is 0 Å². The van der Waals surface area contributed by atoms with E-state index < -0.39 is 0 Å². The van der Waals surface area contributed by atoms with Crippen LogP contribution >= 0.6 is 0 Å². The Morgan fingerprint density at radius 2 is 1.92 bits per heavy atom. The Balaban J connectivity index is 1.87. The van der Waals surface area contributed by atoms with E-state index in [2.05, 4.69) is 0 Å². The van der Waals surface area contributed by atoms with Crippen LogP contribution < -0.4 is 9.47 Å². The van der Waals surface area contributed by atoms with Crippen LogP contribution in [0.4, 0.5) is 0 Å². The number of rotatable bonds is 4. The molecule has 2 aromatic carbocycles. The number of phenols is 2. The summed E-state index contributed by atoms with van der Waals surface area (Å²) in [5, 5.41) is 20.1.